The van der Waals surface area contributed by atoms with Crippen LogP contribution >= 0.6 is 12.2 Å². The molecule has 0 amide bonds. The van der Waals surface area contributed by atoms with Crippen LogP contribution in [0.1, 0.15) is 25.2 Å². The van der Waals surface area contributed by atoms with E-state index in [2.05, 4.69) is 23.8 Å². The number of thiocarbonyl (C=S) groups is 1. The van der Waals surface area contributed by atoms with Crippen LogP contribution in [-0.4, -0.2) is 28.0 Å². The second-order valence-corrected chi connectivity index (χ2v) is 4.20. The highest BCUT2D eigenvalue weighted by Crippen LogP contribution is 2.11. The molecule has 15 heavy (non-hydrogen) atoms. The van der Waals surface area contributed by atoms with Crippen molar-refractivity contribution in [3.05, 3.63) is 17.5 Å². The summed E-state index contributed by atoms with van der Waals surface area (Å²) in [5.74, 6) is 0.660. The van der Waals surface area contributed by atoms with Crippen LogP contribution in [0.25, 0.3) is 0 Å². The van der Waals surface area contributed by atoms with Gasteiger partial charge in [0.15, 0.2) is 0 Å². The Kier molecular flexibility index (Phi) is 3.57. The zero-order chi connectivity index (χ0) is 11.6. The molecular formula is C10H16N4S. The zero-order valence-corrected chi connectivity index (χ0v) is 10.3. The summed E-state index contributed by atoms with van der Waals surface area (Å²) < 4.78 is 0. The maximum Gasteiger partial charge on any atom is 0.226 e. The topological polar surface area (TPSA) is 55.0 Å². The Morgan fingerprint density at radius 3 is 2.53 bits per heavy atom. The maximum absolute atomic E-state index is 5.55. The number of nitrogens with zero attached hydrogens (tertiary/aromatic N) is 3. The van der Waals surface area contributed by atoms with Crippen LogP contribution in [0.4, 0.5) is 5.95 Å². The third-order valence-electron chi connectivity index (χ3n) is 2.18. The van der Waals surface area contributed by atoms with Crippen LogP contribution in [0.15, 0.2) is 6.07 Å². The van der Waals surface area contributed by atoms with Crippen molar-refractivity contribution >= 4 is 23.2 Å². The van der Waals surface area contributed by atoms with Gasteiger partial charge in [-0.15, -0.1) is 0 Å². The summed E-state index contributed by atoms with van der Waals surface area (Å²) in [6.45, 7) is 6.05. The molecule has 0 saturated carbocycles. The van der Waals surface area contributed by atoms with Gasteiger partial charge in [-0.3, -0.25) is 0 Å². The van der Waals surface area contributed by atoms with E-state index < -0.39 is 0 Å². The van der Waals surface area contributed by atoms with Crippen molar-refractivity contribution in [3.63, 3.8) is 0 Å². The molecule has 0 aliphatic carbocycles. The number of anilines is 1. The molecule has 1 heterocycles. The highest BCUT2D eigenvalue weighted by Gasteiger charge is 2.10. The van der Waals surface area contributed by atoms with Gasteiger partial charge in [-0.05, 0) is 26.8 Å². The van der Waals surface area contributed by atoms with Gasteiger partial charge in [0.2, 0.25) is 5.95 Å². The second-order valence-electron chi connectivity index (χ2n) is 3.76. The van der Waals surface area contributed by atoms with E-state index in [1.54, 1.807) is 6.07 Å². The summed E-state index contributed by atoms with van der Waals surface area (Å²) in [4.78, 5) is 10.9. The minimum atomic E-state index is 0.305. The van der Waals surface area contributed by atoms with Gasteiger partial charge >= 0.3 is 0 Å². The van der Waals surface area contributed by atoms with Gasteiger partial charge in [-0.1, -0.05) is 12.2 Å². The Morgan fingerprint density at radius 2 is 2.07 bits per heavy atom. The quantitative estimate of drug-likeness (QED) is 0.783. The lowest BCUT2D eigenvalue weighted by Gasteiger charge is -2.21. The number of aromatic nitrogens is 2. The van der Waals surface area contributed by atoms with Crippen molar-refractivity contribution in [2.75, 3.05) is 11.9 Å². The molecule has 0 aliphatic rings. The van der Waals surface area contributed by atoms with Crippen LogP contribution in [0.5, 0.6) is 0 Å². The molecule has 0 saturated heterocycles. The highest BCUT2D eigenvalue weighted by molar-refractivity contribution is 7.80. The van der Waals surface area contributed by atoms with E-state index in [4.69, 9.17) is 18.0 Å². The summed E-state index contributed by atoms with van der Waals surface area (Å²) in [5.41, 5.74) is 7.05. The van der Waals surface area contributed by atoms with Gasteiger partial charge in [-0.25, -0.2) is 9.97 Å². The van der Waals surface area contributed by atoms with E-state index in [1.165, 1.54) is 0 Å². The summed E-state index contributed by atoms with van der Waals surface area (Å²) in [6, 6.07) is 2.13. The lowest BCUT2D eigenvalue weighted by molar-refractivity contribution is 0.726. The van der Waals surface area contributed by atoms with Crippen molar-refractivity contribution in [2.45, 2.75) is 26.8 Å². The summed E-state index contributed by atoms with van der Waals surface area (Å²) in [5, 5.41) is 0. The van der Waals surface area contributed by atoms with Crippen LogP contribution in [-0.2, 0) is 0 Å². The normalized spacial score (nSPS) is 10.5. The summed E-state index contributed by atoms with van der Waals surface area (Å²) >= 11 is 4.90. The van der Waals surface area contributed by atoms with Crippen molar-refractivity contribution < 1.29 is 0 Å². The molecule has 0 unspecified atom stereocenters. The second kappa shape index (κ2) is 4.53. The molecule has 0 aromatic carbocycles. The average molecular weight is 224 g/mol. The first-order chi connectivity index (χ1) is 6.91. The first kappa shape index (κ1) is 11.8. The van der Waals surface area contributed by atoms with Crippen molar-refractivity contribution in [2.24, 2.45) is 5.73 Å². The molecule has 4 nitrogen and oxygen atoms in total. The predicted octanol–water partition coefficient (Wildman–Crippen LogP) is 1.26. The molecule has 2 N–H and O–H groups in total. The monoisotopic (exact) mass is 224 g/mol. The smallest absolute Gasteiger partial charge is 0.226 e. The van der Waals surface area contributed by atoms with E-state index in [1.807, 2.05) is 18.9 Å². The molecule has 0 fully saturated rings. The molecule has 1 aromatic heterocycles. The third-order valence-corrected chi connectivity index (χ3v) is 2.39. The summed E-state index contributed by atoms with van der Waals surface area (Å²) in [7, 11) is 1.95. The molecule has 0 spiro atoms. The molecule has 1 aromatic rings. The van der Waals surface area contributed by atoms with E-state index in [-0.39, 0.29) is 0 Å². The fourth-order valence-electron chi connectivity index (χ4n) is 1.07. The number of rotatable bonds is 3. The Bertz CT molecular complexity index is 376. The molecule has 0 bridgehead atoms. The number of hydrogen-bond acceptors (Lipinski definition) is 4. The van der Waals surface area contributed by atoms with Crippen LogP contribution in [0.3, 0.4) is 0 Å². The lowest BCUT2D eigenvalue weighted by Crippen LogP contribution is -2.28. The van der Waals surface area contributed by atoms with E-state index in [9.17, 15) is 0 Å². The minimum absolute atomic E-state index is 0.305. The van der Waals surface area contributed by atoms with Gasteiger partial charge in [0.1, 0.15) is 10.7 Å². The fraction of sp³-hybridized carbons (Fsp3) is 0.500. The summed E-state index contributed by atoms with van der Waals surface area (Å²) in [6.07, 6.45) is 0. The van der Waals surface area contributed by atoms with Gasteiger partial charge in [0, 0.05) is 18.8 Å². The van der Waals surface area contributed by atoms with Crippen LogP contribution in [0.2, 0.25) is 0 Å². The van der Waals surface area contributed by atoms with Crippen molar-refractivity contribution in [3.8, 4) is 0 Å². The van der Waals surface area contributed by atoms with Gasteiger partial charge in [0.25, 0.3) is 0 Å². The van der Waals surface area contributed by atoms with Crippen LogP contribution in [0, 0.1) is 6.92 Å². The van der Waals surface area contributed by atoms with Crippen LogP contribution < -0.4 is 10.6 Å². The SMILES string of the molecule is Cc1cc(C(N)=S)nc(N(C)C(C)C)n1. The van der Waals surface area contributed by atoms with Gasteiger partial charge in [-0.2, -0.15) is 0 Å². The standard InChI is InChI=1S/C10H16N4S/c1-6(2)14(4)10-12-7(3)5-8(13-10)9(11)15/h5-6H,1-4H3,(H2,11,15). The van der Waals surface area contributed by atoms with Crippen molar-refractivity contribution in [1.82, 2.24) is 9.97 Å². The maximum atomic E-state index is 5.55. The lowest BCUT2D eigenvalue weighted by atomic mass is 10.3. The Morgan fingerprint density at radius 1 is 1.47 bits per heavy atom. The largest absolute Gasteiger partial charge is 0.388 e. The Hall–Kier alpha value is -1.23. The number of nitrogens with two attached hydrogens (primary N) is 1. The van der Waals surface area contributed by atoms with E-state index in [0.717, 1.165) is 5.69 Å². The number of hydrogen-bond donors (Lipinski definition) is 1. The molecule has 0 atom stereocenters. The molecule has 82 valence electrons. The predicted molar refractivity (Wildman–Crippen MR) is 66.2 cm³/mol. The molecule has 0 radical (unpaired) electrons. The third kappa shape index (κ3) is 2.86. The van der Waals surface area contributed by atoms with Gasteiger partial charge in [0.05, 0.1) is 0 Å². The van der Waals surface area contributed by atoms with E-state index >= 15 is 0 Å². The van der Waals surface area contributed by atoms with E-state index in [0.29, 0.717) is 22.7 Å². The molecular weight excluding hydrogens is 208 g/mol. The molecule has 0 aliphatic heterocycles. The molecule has 1 rings (SSSR count). The molecule has 5 heteroatoms. The first-order valence-corrected chi connectivity index (χ1v) is 5.21. The van der Waals surface area contributed by atoms with Crippen molar-refractivity contribution in [1.29, 1.82) is 0 Å². The Balaban J connectivity index is 3.14. The zero-order valence-electron chi connectivity index (χ0n) is 9.48. The number of aryl methyl sites for hydroxylation is 1. The fourth-order valence-corrected chi connectivity index (χ4v) is 1.17. The van der Waals surface area contributed by atoms with Gasteiger partial charge < -0.3 is 10.6 Å². The average Bonchev–Trinajstić information content (AvgIpc) is 2.15. The first-order valence-electron chi connectivity index (χ1n) is 4.80. The minimum Gasteiger partial charge on any atom is -0.388 e. The Labute approximate surface area is 95.5 Å². The highest BCUT2D eigenvalue weighted by atomic mass is 32.1.